The lowest BCUT2D eigenvalue weighted by Gasteiger charge is -2.25. The van der Waals surface area contributed by atoms with Crippen molar-refractivity contribution < 1.29 is 4.74 Å². The minimum Gasteiger partial charge on any atom is -0.379 e. The molecule has 1 saturated heterocycles. The van der Waals surface area contributed by atoms with Gasteiger partial charge in [-0.2, -0.15) is 0 Å². The van der Waals surface area contributed by atoms with Crippen molar-refractivity contribution in [2.45, 2.75) is 38.0 Å². The molecule has 1 aliphatic carbocycles. The summed E-state index contributed by atoms with van der Waals surface area (Å²) in [4.78, 5) is 2.41. The van der Waals surface area contributed by atoms with E-state index < -0.39 is 0 Å². The lowest BCUT2D eigenvalue weighted by molar-refractivity contribution is 0.0435. The van der Waals surface area contributed by atoms with E-state index in [0.29, 0.717) is 5.92 Å². The molecule has 2 aliphatic rings. The molecule has 3 rings (SSSR count). The lowest BCUT2D eigenvalue weighted by atomic mass is 9.84. The third-order valence-electron chi connectivity index (χ3n) is 4.85. The average molecular weight is 320 g/mol. The minimum absolute atomic E-state index is 0.674. The summed E-state index contributed by atoms with van der Waals surface area (Å²) in [5.41, 5.74) is 2.56. The van der Waals surface area contributed by atoms with Crippen molar-refractivity contribution in [2.24, 2.45) is 0 Å². The van der Waals surface area contributed by atoms with Gasteiger partial charge in [-0.3, -0.25) is 4.90 Å². The average Bonchev–Trinajstić information content (AvgIpc) is 2.57. The van der Waals surface area contributed by atoms with Gasteiger partial charge in [-0.15, -0.1) is 0 Å². The number of benzene rings is 1. The van der Waals surface area contributed by atoms with Crippen LogP contribution >= 0.6 is 11.6 Å². The molecular formula is C19H26ClNO. The Morgan fingerprint density at radius 1 is 1.14 bits per heavy atom. The highest BCUT2D eigenvalue weighted by Crippen LogP contribution is 2.36. The van der Waals surface area contributed by atoms with E-state index in [1.807, 2.05) is 0 Å². The predicted molar refractivity (Wildman–Crippen MR) is 93.6 cm³/mol. The van der Waals surface area contributed by atoms with Crippen molar-refractivity contribution in [3.05, 3.63) is 40.4 Å². The molecule has 0 aromatic heterocycles. The summed E-state index contributed by atoms with van der Waals surface area (Å²) in [6.45, 7) is 4.77. The fourth-order valence-electron chi connectivity index (χ4n) is 3.51. The van der Waals surface area contributed by atoms with Crippen molar-refractivity contribution in [3.63, 3.8) is 0 Å². The maximum atomic E-state index is 6.53. The number of ether oxygens (including phenoxy) is 1. The second-order valence-electron chi connectivity index (χ2n) is 6.43. The first kappa shape index (κ1) is 16.0. The van der Waals surface area contributed by atoms with E-state index in [4.69, 9.17) is 16.3 Å². The molecular weight excluding hydrogens is 294 g/mol. The fraction of sp³-hybridized carbons (Fsp3) is 0.579. The summed E-state index contributed by atoms with van der Waals surface area (Å²) in [5, 5.41) is 0.945. The third-order valence-corrected chi connectivity index (χ3v) is 5.17. The standard InChI is InChI=1S/C19H26ClNO/c20-19-15-16(5-4-10-21-11-13-22-14-12-21)8-9-18(19)17-6-2-1-3-7-17/h4-5,8-9,15,17H,1-3,6-7,10-14H2. The van der Waals surface area contributed by atoms with Gasteiger partial charge in [0.15, 0.2) is 0 Å². The second kappa shape index (κ2) is 8.14. The molecule has 1 aromatic rings. The molecule has 0 radical (unpaired) electrons. The number of rotatable bonds is 4. The van der Waals surface area contributed by atoms with Crippen LogP contribution < -0.4 is 0 Å². The van der Waals surface area contributed by atoms with Crippen LogP contribution in [-0.2, 0) is 4.74 Å². The van der Waals surface area contributed by atoms with E-state index in [2.05, 4.69) is 35.3 Å². The fourth-order valence-corrected chi connectivity index (χ4v) is 3.86. The van der Waals surface area contributed by atoms with Crippen LogP contribution in [0.2, 0.25) is 5.02 Å². The SMILES string of the molecule is Clc1cc(C=CCN2CCOCC2)ccc1C1CCCCC1. The van der Waals surface area contributed by atoms with Gasteiger partial charge in [0.2, 0.25) is 0 Å². The third kappa shape index (κ3) is 4.34. The highest BCUT2D eigenvalue weighted by atomic mass is 35.5. The quantitative estimate of drug-likeness (QED) is 0.795. The zero-order valence-corrected chi connectivity index (χ0v) is 14.0. The molecule has 0 bridgehead atoms. The minimum atomic E-state index is 0.674. The molecule has 22 heavy (non-hydrogen) atoms. The van der Waals surface area contributed by atoms with Crippen LogP contribution in [0.4, 0.5) is 0 Å². The highest BCUT2D eigenvalue weighted by molar-refractivity contribution is 6.31. The Kier molecular flexibility index (Phi) is 5.94. The normalized spacial score (nSPS) is 21.5. The summed E-state index contributed by atoms with van der Waals surface area (Å²) in [6, 6.07) is 6.58. The Hall–Kier alpha value is -0.830. The summed E-state index contributed by atoms with van der Waals surface area (Å²) >= 11 is 6.53. The molecule has 120 valence electrons. The zero-order chi connectivity index (χ0) is 15.2. The Balaban J connectivity index is 1.58. The van der Waals surface area contributed by atoms with Crippen molar-refractivity contribution in [1.29, 1.82) is 0 Å². The topological polar surface area (TPSA) is 12.5 Å². The van der Waals surface area contributed by atoms with Crippen LogP contribution in [0.3, 0.4) is 0 Å². The summed E-state index contributed by atoms with van der Waals surface area (Å²) in [7, 11) is 0. The van der Waals surface area contributed by atoms with Gasteiger partial charge in [0.05, 0.1) is 13.2 Å². The first-order chi connectivity index (χ1) is 10.8. The van der Waals surface area contributed by atoms with Crippen molar-refractivity contribution >= 4 is 17.7 Å². The van der Waals surface area contributed by atoms with Gasteiger partial charge in [-0.25, -0.2) is 0 Å². The molecule has 2 fully saturated rings. The Bertz CT molecular complexity index is 502. The smallest absolute Gasteiger partial charge is 0.0594 e. The van der Waals surface area contributed by atoms with Gasteiger partial charge in [0.1, 0.15) is 0 Å². The Morgan fingerprint density at radius 2 is 1.91 bits per heavy atom. The van der Waals surface area contributed by atoms with Crippen LogP contribution in [0.5, 0.6) is 0 Å². The van der Waals surface area contributed by atoms with Gasteiger partial charge in [-0.05, 0) is 36.0 Å². The number of morpholine rings is 1. The first-order valence-electron chi connectivity index (χ1n) is 8.59. The van der Waals surface area contributed by atoms with Crippen LogP contribution in [-0.4, -0.2) is 37.7 Å². The molecule has 1 heterocycles. The van der Waals surface area contributed by atoms with Gasteiger partial charge in [0, 0.05) is 24.7 Å². The van der Waals surface area contributed by atoms with Gasteiger partial charge >= 0.3 is 0 Å². The molecule has 3 heteroatoms. The van der Waals surface area contributed by atoms with Crippen molar-refractivity contribution in [2.75, 3.05) is 32.8 Å². The van der Waals surface area contributed by atoms with Crippen LogP contribution in [0.1, 0.15) is 49.1 Å². The Morgan fingerprint density at radius 3 is 2.64 bits per heavy atom. The molecule has 1 aliphatic heterocycles. The molecule has 0 spiro atoms. The van der Waals surface area contributed by atoms with E-state index in [1.54, 1.807) is 0 Å². The monoisotopic (exact) mass is 319 g/mol. The van der Waals surface area contributed by atoms with Gasteiger partial charge in [-0.1, -0.05) is 55.1 Å². The van der Waals surface area contributed by atoms with Crippen LogP contribution in [0.25, 0.3) is 6.08 Å². The number of nitrogens with zero attached hydrogens (tertiary/aromatic N) is 1. The van der Waals surface area contributed by atoms with Crippen LogP contribution in [0.15, 0.2) is 24.3 Å². The number of halogens is 1. The molecule has 2 nitrogen and oxygen atoms in total. The molecule has 1 saturated carbocycles. The lowest BCUT2D eigenvalue weighted by Crippen LogP contribution is -2.36. The zero-order valence-electron chi connectivity index (χ0n) is 13.3. The summed E-state index contributed by atoms with van der Waals surface area (Å²) in [6.07, 6.45) is 11.1. The van der Waals surface area contributed by atoms with E-state index in [1.165, 1.54) is 43.2 Å². The van der Waals surface area contributed by atoms with E-state index in [9.17, 15) is 0 Å². The molecule has 0 atom stereocenters. The van der Waals surface area contributed by atoms with E-state index in [0.717, 1.165) is 37.9 Å². The second-order valence-corrected chi connectivity index (χ2v) is 6.84. The Labute approximate surface area is 139 Å². The van der Waals surface area contributed by atoms with E-state index >= 15 is 0 Å². The van der Waals surface area contributed by atoms with Gasteiger partial charge < -0.3 is 4.74 Å². The number of hydrogen-bond acceptors (Lipinski definition) is 2. The van der Waals surface area contributed by atoms with Crippen LogP contribution in [0, 0.1) is 0 Å². The van der Waals surface area contributed by atoms with E-state index in [-0.39, 0.29) is 0 Å². The number of hydrogen-bond donors (Lipinski definition) is 0. The largest absolute Gasteiger partial charge is 0.379 e. The first-order valence-corrected chi connectivity index (χ1v) is 8.97. The molecule has 0 unspecified atom stereocenters. The molecule has 1 aromatic carbocycles. The maximum Gasteiger partial charge on any atom is 0.0594 e. The molecule has 0 N–H and O–H groups in total. The van der Waals surface area contributed by atoms with Crippen molar-refractivity contribution in [1.82, 2.24) is 4.90 Å². The van der Waals surface area contributed by atoms with Gasteiger partial charge in [0.25, 0.3) is 0 Å². The highest BCUT2D eigenvalue weighted by Gasteiger charge is 2.17. The van der Waals surface area contributed by atoms with Crippen molar-refractivity contribution in [3.8, 4) is 0 Å². The molecule has 0 amide bonds. The summed E-state index contributed by atoms with van der Waals surface area (Å²) < 4.78 is 5.37. The predicted octanol–water partition coefficient (Wildman–Crippen LogP) is 4.73. The summed E-state index contributed by atoms with van der Waals surface area (Å²) in [5.74, 6) is 0.674. The maximum absolute atomic E-state index is 6.53.